The molecule has 0 aliphatic heterocycles. The predicted molar refractivity (Wildman–Crippen MR) is 65.8 cm³/mol. The van der Waals surface area contributed by atoms with Gasteiger partial charge in [0.1, 0.15) is 0 Å². The highest BCUT2D eigenvalue weighted by atomic mass is 35.5. The summed E-state index contributed by atoms with van der Waals surface area (Å²) in [5.74, 6) is 0.756. The minimum Gasteiger partial charge on any atom is -0.378 e. The van der Waals surface area contributed by atoms with E-state index in [-0.39, 0.29) is 17.6 Å². The molecule has 1 unspecified atom stereocenters. The molecule has 94 valence electrons. The largest absolute Gasteiger partial charge is 0.378 e. The van der Waals surface area contributed by atoms with Crippen molar-refractivity contribution in [2.24, 2.45) is 0 Å². The van der Waals surface area contributed by atoms with Crippen molar-refractivity contribution >= 4 is 17.5 Å². The molecule has 1 rings (SSSR count). The molecule has 1 amide bonds. The molecule has 0 heterocycles. The number of hydrogen-bond acceptors (Lipinski definition) is 2. The summed E-state index contributed by atoms with van der Waals surface area (Å²) in [5.41, 5.74) is -0.170. The third kappa shape index (κ3) is 3.95. The van der Waals surface area contributed by atoms with Crippen molar-refractivity contribution in [3.63, 3.8) is 0 Å². The first-order chi connectivity index (χ1) is 7.62. The molecule has 1 fully saturated rings. The monoisotopic (exact) mass is 247 g/mol. The van der Waals surface area contributed by atoms with E-state index in [1.54, 1.807) is 7.11 Å². The van der Waals surface area contributed by atoms with Gasteiger partial charge in [0.15, 0.2) is 0 Å². The van der Waals surface area contributed by atoms with Crippen molar-refractivity contribution in [3.8, 4) is 0 Å². The quantitative estimate of drug-likeness (QED) is 0.702. The summed E-state index contributed by atoms with van der Waals surface area (Å²) in [4.78, 5) is 11.8. The molecule has 0 aromatic heterocycles. The predicted octanol–water partition coefficient (Wildman–Crippen LogP) is 2.47. The molecule has 1 atom stereocenters. The van der Waals surface area contributed by atoms with E-state index in [0.29, 0.717) is 12.3 Å². The fraction of sp³-hybridized carbons (Fsp3) is 0.917. The third-order valence-corrected chi connectivity index (χ3v) is 3.63. The normalized spacial score (nSPS) is 19.9. The molecular formula is C12H22ClNO2. The van der Waals surface area contributed by atoms with E-state index >= 15 is 0 Å². The summed E-state index contributed by atoms with van der Waals surface area (Å²) >= 11 is 5.61. The van der Waals surface area contributed by atoms with Crippen molar-refractivity contribution in [1.82, 2.24) is 5.32 Å². The van der Waals surface area contributed by atoms with Gasteiger partial charge in [0.05, 0.1) is 12.0 Å². The van der Waals surface area contributed by atoms with E-state index in [4.69, 9.17) is 16.3 Å². The molecule has 0 aromatic rings. The zero-order valence-electron chi connectivity index (χ0n) is 10.2. The van der Waals surface area contributed by atoms with Crippen LogP contribution in [0.4, 0.5) is 0 Å². The zero-order valence-corrected chi connectivity index (χ0v) is 11.0. The van der Waals surface area contributed by atoms with Gasteiger partial charge < -0.3 is 10.1 Å². The summed E-state index contributed by atoms with van der Waals surface area (Å²) in [6.45, 7) is 2.02. The van der Waals surface area contributed by atoms with E-state index in [0.717, 1.165) is 25.7 Å². The number of alkyl halides is 1. The van der Waals surface area contributed by atoms with E-state index < -0.39 is 0 Å². The maximum absolute atomic E-state index is 11.8. The van der Waals surface area contributed by atoms with Crippen LogP contribution in [0.1, 0.15) is 45.4 Å². The van der Waals surface area contributed by atoms with Gasteiger partial charge in [0.25, 0.3) is 0 Å². The van der Waals surface area contributed by atoms with Crippen molar-refractivity contribution in [2.75, 3.05) is 13.0 Å². The Balaban J connectivity index is 2.24. The maximum Gasteiger partial charge on any atom is 0.223 e. The molecule has 4 heteroatoms. The first kappa shape index (κ1) is 13.8. The fourth-order valence-corrected chi connectivity index (χ4v) is 2.25. The van der Waals surface area contributed by atoms with Gasteiger partial charge in [0.2, 0.25) is 5.91 Å². The minimum atomic E-state index is -0.170. The molecule has 1 aliphatic rings. The Bertz CT molecular complexity index is 224. The van der Waals surface area contributed by atoms with Crippen molar-refractivity contribution < 1.29 is 9.53 Å². The second-order valence-electron chi connectivity index (χ2n) is 4.72. The molecule has 1 saturated carbocycles. The number of carbonyl (C=O) groups is 1. The van der Waals surface area contributed by atoms with Crippen LogP contribution in [0.2, 0.25) is 0 Å². The molecule has 1 aliphatic carbocycles. The van der Waals surface area contributed by atoms with Crippen LogP contribution in [0.25, 0.3) is 0 Å². The van der Waals surface area contributed by atoms with Crippen LogP contribution in [0, 0.1) is 0 Å². The van der Waals surface area contributed by atoms with Gasteiger partial charge in [-0.3, -0.25) is 4.79 Å². The Labute approximate surface area is 103 Å². The van der Waals surface area contributed by atoms with E-state index in [9.17, 15) is 4.79 Å². The van der Waals surface area contributed by atoms with Crippen LogP contribution in [0.5, 0.6) is 0 Å². The molecule has 0 aromatic carbocycles. The smallest absolute Gasteiger partial charge is 0.223 e. The Morgan fingerprint density at radius 2 is 2.25 bits per heavy atom. The van der Waals surface area contributed by atoms with Crippen molar-refractivity contribution in [1.29, 1.82) is 0 Å². The lowest BCUT2D eigenvalue weighted by Gasteiger charge is -2.40. The Hall–Kier alpha value is -0.280. The van der Waals surface area contributed by atoms with Gasteiger partial charge in [-0.1, -0.05) is 0 Å². The molecule has 0 spiro atoms. The number of hydrogen-bond donors (Lipinski definition) is 1. The average molecular weight is 248 g/mol. The van der Waals surface area contributed by atoms with Crippen LogP contribution >= 0.6 is 11.6 Å². The average Bonchev–Trinajstić information content (AvgIpc) is 2.20. The number of rotatable bonds is 7. The lowest BCUT2D eigenvalue weighted by atomic mass is 9.77. The highest BCUT2D eigenvalue weighted by Crippen LogP contribution is 2.37. The Morgan fingerprint density at radius 1 is 1.56 bits per heavy atom. The molecule has 3 nitrogen and oxygen atoms in total. The summed E-state index contributed by atoms with van der Waals surface area (Å²) in [6, 6.07) is 0.209. The van der Waals surface area contributed by atoms with E-state index in [2.05, 4.69) is 5.32 Å². The second-order valence-corrected chi connectivity index (χ2v) is 5.10. The van der Waals surface area contributed by atoms with Gasteiger partial charge in [-0.25, -0.2) is 0 Å². The fourth-order valence-electron chi connectivity index (χ4n) is 2.10. The number of carbonyl (C=O) groups excluding carboxylic acids is 1. The molecule has 0 radical (unpaired) electrons. The Morgan fingerprint density at radius 3 is 2.69 bits per heavy atom. The number of methoxy groups -OCH3 is 1. The Kier molecular flexibility index (Phi) is 5.56. The van der Waals surface area contributed by atoms with Crippen LogP contribution in [0.15, 0.2) is 0 Å². The second kappa shape index (κ2) is 6.45. The van der Waals surface area contributed by atoms with Crippen LogP contribution in [0.3, 0.4) is 0 Å². The SMILES string of the molecule is COC1(CC(=O)NC(C)CCCCl)CCC1. The van der Waals surface area contributed by atoms with Gasteiger partial charge >= 0.3 is 0 Å². The van der Waals surface area contributed by atoms with E-state index in [1.807, 2.05) is 6.92 Å². The first-order valence-electron chi connectivity index (χ1n) is 6.02. The zero-order chi connectivity index (χ0) is 12.0. The van der Waals surface area contributed by atoms with Crippen LogP contribution in [-0.2, 0) is 9.53 Å². The lowest BCUT2D eigenvalue weighted by Crippen LogP contribution is -2.45. The molecule has 0 bridgehead atoms. The third-order valence-electron chi connectivity index (χ3n) is 3.36. The summed E-state index contributed by atoms with van der Waals surface area (Å²) in [5, 5.41) is 3.00. The van der Waals surface area contributed by atoms with Crippen molar-refractivity contribution in [3.05, 3.63) is 0 Å². The van der Waals surface area contributed by atoms with Gasteiger partial charge in [-0.2, -0.15) is 0 Å². The number of ether oxygens (including phenoxy) is 1. The number of halogens is 1. The molecule has 16 heavy (non-hydrogen) atoms. The van der Waals surface area contributed by atoms with Crippen LogP contribution < -0.4 is 5.32 Å². The molecule has 1 N–H and O–H groups in total. The standard InChI is InChI=1S/C12H22ClNO2/c1-10(5-3-8-13)14-11(15)9-12(16-2)6-4-7-12/h10H,3-9H2,1-2H3,(H,14,15). The maximum atomic E-state index is 11.8. The minimum absolute atomic E-state index is 0.101. The van der Waals surface area contributed by atoms with Gasteiger partial charge in [-0.15, -0.1) is 11.6 Å². The first-order valence-corrected chi connectivity index (χ1v) is 6.56. The van der Waals surface area contributed by atoms with Crippen molar-refractivity contribution in [2.45, 2.75) is 57.1 Å². The van der Waals surface area contributed by atoms with Crippen LogP contribution in [-0.4, -0.2) is 30.5 Å². The lowest BCUT2D eigenvalue weighted by molar-refractivity contribution is -0.134. The summed E-state index contributed by atoms with van der Waals surface area (Å²) in [7, 11) is 1.70. The number of nitrogens with one attached hydrogen (secondary N) is 1. The highest BCUT2D eigenvalue weighted by Gasteiger charge is 2.39. The number of amides is 1. The summed E-state index contributed by atoms with van der Waals surface area (Å²) in [6.07, 6.45) is 5.56. The molecular weight excluding hydrogens is 226 g/mol. The summed E-state index contributed by atoms with van der Waals surface area (Å²) < 4.78 is 5.43. The van der Waals surface area contributed by atoms with E-state index in [1.165, 1.54) is 6.42 Å². The topological polar surface area (TPSA) is 38.3 Å². The van der Waals surface area contributed by atoms with Gasteiger partial charge in [0, 0.05) is 19.0 Å². The molecule has 0 saturated heterocycles. The highest BCUT2D eigenvalue weighted by molar-refractivity contribution is 6.17. The van der Waals surface area contributed by atoms with Gasteiger partial charge in [-0.05, 0) is 39.0 Å².